The Morgan fingerprint density at radius 2 is 2.09 bits per heavy atom. The van der Waals surface area contributed by atoms with E-state index in [1.54, 1.807) is 23.1 Å². The van der Waals surface area contributed by atoms with Crippen molar-refractivity contribution in [3.8, 4) is 0 Å². The first kappa shape index (κ1) is 16.6. The van der Waals surface area contributed by atoms with Gasteiger partial charge in [0.05, 0.1) is 5.56 Å². The third-order valence-electron chi connectivity index (χ3n) is 4.52. The Hall–Kier alpha value is -1.30. The van der Waals surface area contributed by atoms with Crippen LogP contribution in [0.5, 0.6) is 0 Å². The summed E-state index contributed by atoms with van der Waals surface area (Å²) in [5.74, 6) is 0.0102. The fraction of sp³-hybridized carbons (Fsp3) is 0.389. The van der Waals surface area contributed by atoms with Gasteiger partial charge in [-0.2, -0.15) is 11.3 Å². The van der Waals surface area contributed by atoms with E-state index in [4.69, 9.17) is 4.74 Å². The van der Waals surface area contributed by atoms with Gasteiger partial charge in [0.15, 0.2) is 0 Å². The predicted octanol–water partition coefficient (Wildman–Crippen LogP) is 3.95. The highest BCUT2D eigenvalue weighted by Crippen LogP contribution is 2.35. The predicted molar refractivity (Wildman–Crippen MR) is 96.6 cm³/mol. The van der Waals surface area contributed by atoms with Crippen LogP contribution in [0.1, 0.15) is 28.8 Å². The third kappa shape index (κ3) is 3.62. The van der Waals surface area contributed by atoms with Gasteiger partial charge in [-0.05, 0) is 53.6 Å². The second-order valence-corrected chi connectivity index (χ2v) is 7.42. The molecule has 0 spiro atoms. The van der Waals surface area contributed by atoms with Crippen molar-refractivity contribution in [3.63, 3.8) is 0 Å². The zero-order valence-electron chi connectivity index (χ0n) is 13.2. The molecule has 1 amide bonds. The number of amides is 1. The van der Waals surface area contributed by atoms with Crippen molar-refractivity contribution < 1.29 is 9.53 Å². The van der Waals surface area contributed by atoms with Crippen LogP contribution in [0.15, 0.2) is 46.0 Å². The maximum atomic E-state index is 12.6. The van der Waals surface area contributed by atoms with Crippen LogP contribution in [0.25, 0.3) is 0 Å². The monoisotopic (exact) mass is 347 g/mol. The van der Waals surface area contributed by atoms with Crippen molar-refractivity contribution in [2.24, 2.45) is 0 Å². The quantitative estimate of drug-likeness (QED) is 0.833. The summed E-state index contributed by atoms with van der Waals surface area (Å²) in [6, 6.07) is 9.94. The molecule has 1 saturated heterocycles. The van der Waals surface area contributed by atoms with Crippen LogP contribution in [0.4, 0.5) is 0 Å². The molecule has 122 valence electrons. The fourth-order valence-corrected chi connectivity index (χ4v) is 4.45. The van der Waals surface area contributed by atoms with E-state index < -0.39 is 0 Å². The van der Waals surface area contributed by atoms with E-state index in [0.717, 1.165) is 36.5 Å². The van der Waals surface area contributed by atoms with Crippen LogP contribution in [0, 0.1) is 0 Å². The first-order valence-electron chi connectivity index (χ1n) is 7.77. The lowest BCUT2D eigenvalue weighted by atomic mass is 9.75. The summed E-state index contributed by atoms with van der Waals surface area (Å²) < 4.78 is 5.54. The molecule has 2 heterocycles. The summed E-state index contributed by atoms with van der Waals surface area (Å²) in [4.78, 5) is 13.6. The summed E-state index contributed by atoms with van der Waals surface area (Å²) in [6.45, 7) is 2.18. The Kier molecular flexibility index (Phi) is 5.41. The van der Waals surface area contributed by atoms with Crippen molar-refractivity contribution in [1.82, 2.24) is 5.32 Å². The number of ether oxygens (including phenoxy) is 1. The minimum atomic E-state index is 0.00219. The van der Waals surface area contributed by atoms with Gasteiger partial charge in [-0.25, -0.2) is 0 Å². The van der Waals surface area contributed by atoms with Crippen molar-refractivity contribution in [3.05, 3.63) is 52.2 Å². The molecule has 1 aliphatic heterocycles. The van der Waals surface area contributed by atoms with E-state index in [0.29, 0.717) is 6.54 Å². The molecule has 1 aromatic heterocycles. The zero-order valence-corrected chi connectivity index (χ0v) is 14.8. The molecular formula is C18H21NO2S2. The molecule has 0 saturated carbocycles. The first-order valence-corrected chi connectivity index (χ1v) is 9.94. The first-order chi connectivity index (χ1) is 11.2. The van der Waals surface area contributed by atoms with E-state index in [-0.39, 0.29) is 11.3 Å². The van der Waals surface area contributed by atoms with Gasteiger partial charge < -0.3 is 10.1 Å². The Labute approximate surface area is 145 Å². The number of nitrogens with one attached hydrogen (secondary N) is 1. The largest absolute Gasteiger partial charge is 0.381 e. The number of rotatable bonds is 5. The minimum absolute atomic E-state index is 0.00219. The minimum Gasteiger partial charge on any atom is -0.381 e. The molecule has 2 aromatic rings. The topological polar surface area (TPSA) is 38.3 Å². The number of hydrogen-bond donors (Lipinski definition) is 1. The average Bonchev–Trinajstić information content (AvgIpc) is 3.16. The molecule has 0 unspecified atom stereocenters. The van der Waals surface area contributed by atoms with Gasteiger partial charge in [-0.3, -0.25) is 4.79 Å². The van der Waals surface area contributed by atoms with Crippen molar-refractivity contribution in [1.29, 1.82) is 0 Å². The summed E-state index contributed by atoms with van der Waals surface area (Å²) in [7, 11) is 0. The molecule has 1 aliphatic rings. The highest BCUT2D eigenvalue weighted by atomic mass is 32.2. The highest BCUT2D eigenvalue weighted by Gasteiger charge is 2.35. The lowest BCUT2D eigenvalue weighted by molar-refractivity contribution is 0.0488. The second kappa shape index (κ2) is 7.51. The van der Waals surface area contributed by atoms with Gasteiger partial charge in [-0.15, -0.1) is 11.8 Å². The van der Waals surface area contributed by atoms with Crippen LogP contribution in [0.2, 0.25) is 0 Å². The fourth-order valence-electron chi connectivity index (χ4n) is 3.07. The molecule has 0 bridgehead atoms. The van der Waals surface area contributed by atoms with Crippen molar-refractivity contribution in [2.75, 3.05) is 26.0 Å². The zero-order chi connectivity index (χ0) is 16.1. The van der Waals surface area contributed by atoms with E-state index in [2.05, 4.69) is 22.1 Å². The Morgan fingerprint density at radius 1 is 1.30 bits per heavy atom. The van der Waals surface area contributed by atoms with E-state index >= 15 is 0 Å². The van der Waals surface area contributed by atoms with Crippen LogP contribution in [0.3, 0.4) is 0 Å². The lowest BCUT2D eigenvalue weighted by Crippen LogP contribution is -2.44. The number of thiophene rings is 1. The SMILES string of the molecule is CSc1ccccc1C(=O)NCC1(c2ccsc2)CCOCC1. The van der Waals surface area contributed by atoms with Crippen LogP contribution < -0.4 is 5.32 Å². The van der Waals surface area contributed by atoms with Gasteiger partial charge >= 0.3 is 0 Å². The lowest BCUT2D eigenvalue weighted by Gasteiger charge is -2.37. The molecule has 0 radical (unpaired) electrons. The molecule has 0 aliphatic carbocycles. The Morgan fingerprint density at radius 3 is 2.78 bits per heavy atom. The molecule has 1 aromatic carbocycles. The van der Waals surface area contributed by atoms with Gasteiger partial charge in [0.25, 0.3) is 5.91 Å². The Bertz CT molecular complexity index is 649. The van der Waals surface area contributed by atoms with Crippen molar-refractivity contribution >= 4 is 29.0 Å². The van der Waals surface area contributed by atoms with E-state index in [1.165, 1.54) is 5.56 Å². The normalized spacial score (nSPS) is 16.9. The average molecular weight is 348 g/mol. The molecule has 3 rings (SSSR count). The summed E-state index contributed by atoms with van der Waals surface area (Å²) in [6.07, 6.45) is 3.90. The molecular weight excluding hydrogens is 326 g/mol. The maximum Gasteiger partial charge on any atom is 0.252 e. The number of thioether (sulfide) groups is 1. The molecule has 1 N–H and O–H groups in total. The van der Waals surface area contributed by atoms with Gasteiger partial charge in [0.2, 0.25) is 0 Å². The summed E-state index contributed by atoms with van der Waals surface area (Å²) >= 11 is 3.31. The molecule has 3 nitrogen and oxygen atoms in total. The molecule has 0 atom stereocenters. The standard InChI is InChI=1S/C18H21NO2S2/c1-22-16-5-3-2-4-15(16)17(20)19-13-18(7-9-21-10-8-18)14-6-11-23-12-14/h2-6,11-12H,7-10,13H2,1H3,(H,19,20). The van der Waals surface area contributed by atoms with Gasteiger partial charge in [0.1, 0.15) is 0 Å². The number of hydrogen-bond acceptors (Lipinski definition) is 4. The van der Waals surface area contributed by atoms with E-state index in [1.807, 2.05) is 30.5 Å². The molecule has 23 heavy (non-hydrogen) atoms. The van der Waals surface area contributed by atoms with Crippen LogP contribution in [-0.2, 0) is 10.2 Å². The second-order valence-electron chi connectivity index (χ2n) is 5.79. The number of carbonyl (C=O) groups excluding carboxylic acids is 1. The van der Waals surface area contributed by atoms with Crippen LogP contribution in [-0.4, -0.2) is 31.9 Å². The van der Waals surface area contributed by atoms with Crippen LogP contribution >= 0.6 is 23.1 Å². The maximum absolute atomic E-state index is 12.6. The molecule has 1 fully saturated rings. The molecule has 5 heteroatoms. The number of carbonyl (C=O) groups is 1. The summed E-state index contributed by atoms with van der Waals surface area (Å²) in [5.41, 5.74) is 2.08. The smallest absolute Gasteiger partial charge is 0.252 e. The van der Waals surface area contributed by atoms with Crippen molar-refractivity contribution in [2.45, 2.75) is 23.2 Å². The highest BCUT2D eigenvalue weighted by molar-refractivity contribution is 7.98. The number of benzene rings is 1. The van der Waals surface area contributed by atoms with E-state index in [9.17, 15) is 4.79 Å². The third-order valence-corrected chi connectivity index (χ3v) is 6.00. The van der Waals surface area contributed by atoms with Gasteiger partial charge in [0, 0.05) is 30.1 Å². The van der Waals surface area contributed by atoms with Gasteiger partial charge in [-0.1, -0.05) is 12.1 Å². The Balaban J connectivity index is 1.75. The summed E-state index contributed by atoms with van der Waals surface area (Å²) in [5, 5.41) is 7.48.